The molecule has 0 N–H and O–H groups in total. The van der Waals surface area contributed by atoms with E-state index in [1.165, 1.54) is 43.2 Å². The number of nitrogens with zero attached hydrogens (tertiary/aromatic N) is 1. The lowest BCUT2D eigenvalue weighted by molar-refractivity contribution is 0.324. The minimum Gasteiger partial charge on any atom is -0.192 e. The Morgan fingerprint density at radius 2 is 1.52 bits per heavy atom. The van der Waals surface area contributed by atoms with Gasteiger partial charge in [-0.2, -0.15) is 5.26 Å². The Balaban J connectivity index is 1.56. The molecular weight excluding hydrogens is 254 g/mol. The van der Waals surface area contributed by atoms with Crippen LogP contribution in [-0.4, -0.2) is 0 Å². The molecule has 0 heterocycles. The highest BCUT2D eigenvalue weighted by Gasteiger charge is 2.22. The zero-order valence-corrected chi connectivity index (χ0v) is 12.3. The zero-order valence-electron chi connectivity index (χ0n) is 12.3. The molecule has 0 atom stereocenters. The summed E-state index contributed by atoms with van der Waals surface area (Å²) in [6.45, 7) is 0. The molecule has 106 valence electrons. The molecule has 2 aromatic carbocycles. The van der Waals surface area contributed by atoms with Crippen LogP contribution in [0.2, 0.25) is 0 Å². The Hall–Kier alpha value is -2.07. The van der Waals surface area contributed by atoms with Crippen LogP contribution in [0.25, 0.3) is 0 Å². The molecule has 0 radical (unpaired) electrons. The summed E-state index contributed by atoms with van der Waals surface area (Å²) in [4.78, 5) is 0. The number of benzene rings is 2. The van der Waals surface area contributed by atoms with Crippen molar-refractivity contribution in [1.29, 1.82) is 5.26 Å². The highest BCUT2D eigenvalue weighted by atomic mass is 14.3. The smallest absolute Gasteiger partial charge is 0.0991 e. The molecule has 3 rings (SSSR count). The molecule has 21 heavy (non-hydrogen) atoms. The van der Waals surface area contributed by atoms with E-state index in [2.05, 4.69) is 48.5 Å². The molecule has 0 bridgehead atoms. The summed E-state index contributed by atoms with van der Waals surface area (Å²) in [5.74, 6) is 1.52. The highest BCUT2D eigenvalue weighted by Crippen LogP contribution is 2.37. The van der Waals surface area contributed by atoms with E-state index >= 15 is 0 Å². The van der Waals surface area contributed by atoms with Gasteiger partial charge in [-0.25, -0.2) is 0 Å². The van der Waals surface area contributed by atoms with Crippen LogP contribution in [0.5, 0.6) is 0 Å². The Labute approximate surface area is 127 Å². The molecule has 0 unspecified atom stereocenters. The minimum absolute atomic E-state index is 0.685. The van der Waals surface area contributed by atoms with Crippen LogP contribution in [0.15, 0.2) is 54.6 Å². The summed E-state index contributed by atoms with van der Waals surface area (Å²) in [6.07, 6.45) is 6.42. The third-order valence-corrected chi connectivity index (χ3v) is 4.73. The van der Waals surface area contributed by atoms with E-state index in [9.17, 15) is 0 Å². The van der Waals surface area contributed by atoms with Gasteiger partial charge in [0.2, 0.25) is 0 Å². The van der Waals surface area contributed by atoms with Gasteiger partial charge in [-0.15, -0.1) is 0 Å². The molecule has 0 amide bonds. The van der Waals surface area contributed by atoms with Crippen LogP contribution in [0.1, 0.15) is 48.3 Å². The predicted octanol–water partition coefficient (Wildman–Crippen LogP) is 5.07. The van der Waals surface area contributed by atoms with Gasteiger partial charge >= 0.3 is 0 Å². The van der Waals surface area contributed by atoms with E-state index in [-0.39, 0.29) is 0 Å². The standard InChI is InChI=1S/C20H21N/c21-15-18-8-12-20(13-9-18)19-10-6-17(7-11-19)14-16-4-2-1-3-5-16/h1-5,8-9,12-13,17,19H,6-7,10-11,14H2. The maximum Gasteiger partial charge on any atom is 0.0991 e. The van der Waals surface area contributed by atoms with E-state index in [1.54, 1.807) is 0 Å². The minimum atomic E-state index is 0.685. The van der Waals surface area contributed by atoms with Crippen molar-refractivity contribution in [1.82, 2.24) is 0 Å². The van der Waals surface area contributed by atoms with Crippen molar-refractivity contribution < 1.29 is 0 Å². The summed E-state index contributed by atoms with van der Waals surface area (Å²) in [7, 11) is 0. The lowest BCUT2D eigenvalue weighted by Gasteiger charge is -2.29. The first kappa shape index (κ1) is 13.9. The molecule has 1 heteroatoms. The normalized spacial score (nSPS) is 21.7. The topological polar surface area (TPSA) is 23.8 Å². The second-order valence-electron chi connectivity index (χ2n) is 6.14. The number of hydrogen-bond acceptors (Lipinski definition) is 1. The molecule has 0 aromatic heterocycles. The molecule has 1 aliphatic carbocycles. The first-order valence-electron chi connectivity index (χ1n) is 7.89. The fourth-order valence-electron chi connectivity index (χ4n) is 3.48. The lowest BCUT2D eigenvalue weighted by atomic mass is 9.76. The predicted molar refractivity (Wildman–Crippen MR) is 86.0 cm³/mol. The van der Waals surface area contributed by atoms with E-state index in [0.29, 0.717) is 5.92 Å². The molecule has 0 aliphatic heterocycles. The Bertz CT molecular complexity index is 599. The summed E-state index contributed by atoms with van der Waals surface area (Å²) < 4.78 is 0. The van der Waals surface area contributed by atoms with Crippen LogP contribution >= 0.6 is 0 Å². The van der Waals surface area contributed by atoms with Crippen molar-refractivity contribution >= 4 is 0 Å². The van der Waals surface area contributed by atoms with Gasteiger partial charge in [0, 0.05) is 0 Å². The summed E-state index contributed by atoms with van der Waals surface area (Å²) >= 11 is 0. The second-order valence-corrected chi connectivity index (χ2v) is 6.14. The van der Waals surface area contributed by atoms with Gasteiger partial charge < -0.3 is 0 Å². The van der Waals surface area contributed by atoms with Gasteiger partial charge in [0.1, 0.15) is 0 Å². The fraction of sp³-hybridized carbons (Fsp3) is 0.350. The zero-order chi connectivity index (χ0) is 14.5. The molecule has 1 fully saturated rings. The van der Waals surface area contributed by atoms with E-state index in [0.717, 1.165) is 11.5 Å². The molecule has 1 aliphatic rings. The third-order valence-electron chi connectivity index (χ3n) is 4.73. The largest absolute Gasteiger partial charge is 0.192 e. The van der Waals surface area contributed by atoms with Gasteiger partial charge in [0.25, 0.3) is 0 Å². The molecule has 1 saturated carbocycles. The summed E-state index contributed by atoms with van der Waals surface area (Å²) in [5.41, 5.74) is 3.64. The van der Waals surface area contributed by atoms with Crippen molar-refractivity contribution in [2.45, 2.75) is 38.0 Å². The van der Waals surface area contributed by atoms with Crippen molar-refractivity contribution in [2.24, 2.45) is 5.92 Å². The van der Waals surface area contributed by atoms with E-state index in [4.69, 9.17) is 5.26 Å². The first-order chi connectivity index (χ1) is 10.3. The second kappa shape index (κ2) is 6.59. The number of nitriles is 1. The SMILES string of the molecule is N#Cc1ccc(C2CCC(Cc3ccccc3)CC2)cc1. The van der Waals surface area contributed by atoms with Crippen molar-refractivity contribution in [2.75, 3.05) is 0 Å². The van der Waals surface area contributed by atoms with Crippen molar-refractivity contribution in [3.05, 3.63) is 71.3 Å². The average Bonchev–Trinajstić information content (AvgIpc) is 2.57. The monoisotopic (exact) mass is 275 g/mol. The van der Waals surface area contributed by atoms with Crippen LogP contribution < -0.4 is 0 Å². The van der Waals surface area contributed by atoms with Gasteiger partial charge in [-0.1, -0.05) is 42.5 Å². The van der Waals surface area contributed by atoms with Gasteiger partial charge in [-0.3, -0.25) is 0 Å². The van der Waals surface area contributed by atoms with E-state index in [1.807, 2.05) is 12.1 Å². The third kappa shape index (κ3) is 3.52. The van der Waals surface area contributed by atoms with Gasteiger partial charge in [0.05, 0.1) is 11.6 Å². The van der Waals surface area contributed by atoms with Gasteiger partial charge in [0.15, 0.2) is 0 Å². The maximum atomic E-state index is 8.86. The summed E-state index contributed by atoms with van der Waals surface area (Å²) in [6, 6.07) is 21.2. The maximum absolute atomic E-state index is 8.86. The molecule has 0 saturated heterocycles. The molecular formula is C20H21N. The molecule has 2 aromatic rings. The Morgan fingerprint density at radius 3 is 2.14 bits per heavy atom. The van der Waals surface area contributed by atoms with Crippen molar-refractivity contribution in [3.8, 4) is 6.07 Å². The average molecular weight is 275 g/mol. The molecule has 0 spiro atoms. The highest BCUT2D eigenvalue weighted by molar-refractivity contribution is 5.33. The van der Waals surface area contributed by atoms with Crippen LogP contribution in [0, 0.1) is 17.2 Å². The number of hydrogen-bond donors (Lipinski definition) is 0. The Kier molecular flexibility index (Phi) is 4.36. The number of rotatable bonds is 3. The fourth-order valence-corrected chi connectivity index (χ4v) is 3.48. The first-order valence-corrected chi connectivity index (χ1v) is 7.89. The van der Waals surface area contributed by atoms with Crippen LogP contribution in [-0.2, 0) is 6.42 Å². The van der Waals surface area contributed by atoms with Crippen LogP contribution in [0.4, 0.5) is 0 Å². The molecule has 1 nitrogen and oxygen atoms in total. The van der Waals surface area contributed by atoms with Crippen LogP contribution in [0.3, 0.4) is 0 Å². The quantitative estimate of drug-likeness (QED) is 0.766. The van der Waals surface area contributed by atoms with Gasteiger partial charge in [-0.05, 0) is 67.2 Å². The summed E-state index contributed by atoms with van der Waals surface area (Å²) in [5, 5.41) is 8.86. The van der Waals surface area contributed by atoms with E-state index < -0.39 is 0 Å². The lowest BCUT2D eigenvalue weighted by Crippen LogP contribution is -2.15. The Morgan fingerprint density at radius 1 is 0.857 bits per heavy atom. The van der Waals surface area contributed by atoms with Crippen molar-refractivity contribution in [3.63, 3.8) is 0 Å².